The van der Waals surface area contributed by atoms with Crippen molar-refractivity contribution < 1.29 is 19.5 Å². The zero-order valence-corrected chi connectivity index (χ0v) is 14.1. The number of hydrogen-bond donors (Lipinski definition) is 2. The molecule has 134 valence electrons. The molecule has 7 nitrogen and oxygen atoms in total. The van der Waals surface area contributed by atoms with Crippen molar-refractivity contribution >= 4 is 23.6 Å². The van der Waals surface area contributed by atoms with Gasteiger partial charge in [-0.05, 0) is 37.3 Å². The molecule has 0 aliphatic carbocycles. The van der Waals surface area contributed by atoms with E-state index in [4.69, 9.17) is 5.11 Å². The molecule has 0 spiro atoms. The Labute approximate surface area is 146 Å². The lowest BCUT2D eigenvalue weighted by atomic mass is 9.99. The topological polar surface area (TPSA) is 90.0 Å². The maximum atomic E-state index is 12.5. The van der Waals surface area contributed by atoms with Crippen LogP contribution in [0.1, 0.15) is 24.8 Å². The summed E-state index contributed by atoms with van der Waals surface area (Å²) in [6, 6.07) is 7.44. The average Bonchev–Trinajstić information content (AvgIpc) is 2.65. The molecule has 0 bridgehead atoms. The van der Waals surface area contributed by atoms with Crippen LogP contribution in [0.25, 0.3) is 0 Å². The number of benzene rings is 1. The number of carboxylic acids is 1. The third-order valence-electron chi connectivity index (χ3n) is 4.86. The van der Waals surface area contributed by atoms with Crippen LogP contribution in [-0.2, 0) is 16.0 Å². The number of carbonyl (C=O) groups is 3. The summed E-state index contributed by atoms with van der Waals surface area (Å²) in [5.74, 6) is -1.55. The van der Waals surface area contributed by atoms with Gasteiger partial charge in [-0.3, -0.25) is 9.59 Å². The number of amides is 3. The van der Waals surface area contributed by atoms with E-state index in [9.17, 15) is 14.4 Å². The molecule has 1 aromatic rings. The summed E-state index contributed by atoms with van der Waals surface area (Å²) in [7, 11) is 0. The lowest BCUT2D eigenvalue weighted by molar-refractivity contribution is -0.143. The Bertz CT molecular complexity index is 676. The molecule has 1 fully saturated rings. The number of carbonyl (C=O) groups excluding carboxylic acids is 2. The average molecular weight is 345 g/mol. The highest BCUT2D eigenvalue weighted by molar-refractivity contribution is 5.97. The summed E-state index contributed by atoms with van der Waals surface area (Å²) in [4.78, 5) is 39.1. The first-order valence-corrected chi connectivity index (χ1v) is 8.70. The number of aliphatic carboxylic acids is 1. The first-order valence-electron chi connectivity index (χ1n) is 8.70. The summed E-state index contributed by atoms with van der Waals surface area (Å²) >= 11 is 0. The second-order valence-corrected chi connectivity index (χ2v) is 6.56. The van der Waals surface area contributed by atoms with E-state index in [1.165, 1.54) is 4.90 Å². The Kier molecular flexibility index (Phi) is 5.21. The molecule has 1 unspecified atom stereocenters. The molecule has 1 atom stereocenters. The standard InChI is InChI=1S/C18H23N3O4/c22-16(21-10-4-6-13-5-1-2-8-15(13)21)11-19-18(25)20-9-3-7-14(12-20)17(23)24/h1-2,5,8,14H,3-4,6-7,9-12H2,(H,19,25)(H,23,24). The molecule has 2 heterocycles. The van der Waals surface area contributed by atoms with E-state index in [0.29, 0.717) is 25.9 Å². The zero-order valence-electron chi connectivity index (χ0n) is 14.1. The summed E-state index contributed by atoms with van der Waals surface area (Å²) in [6.45, 7) is 1.29. The molecule has 1 aromatic carbocycles. The van der Waals surface area contributed by atoms with Gasteiger partial charge in [-0.1, -0.05) is 18.2 Å². The van der Waals surface area contributed by atoms with Gasteiger partial charge in [0.1, 0.15) is 0 Å². The molecule has 2 aliphatic rings. The van der Waals surface area contributed by atoms with Gasteiger partial charge in [-0.15, -0.1) is 0 Å². The quantitative estimate of drug-likeness (QED) is 0.868. The van der Waals surface area contributed by atoms with Crippen molar-refractivity contribution in [3.8, 4) is 0 Å². The van der Waals surface area contributed by atoms with Crippen LogP contribution in [0, 0.1) is 5.92 Å². The van der Waals surface area contributed by atoms with Gasteiger partial charge in [0.2, 0.25) is 5.91 Å². The van der Waals surface area contributed by atoms with Gasteiger partial charge in [0.05, 0.1) is 12.5 Å². The highest BCUT2D eigenvalue weighted by Gasteiger charge is 2.29. The number of rotatable bonds is 3. The maximum Gasteiger partial charge on any atom is 0.317 e. The van der Waals surface area contributed by atoms with Gasteiger partial charge in [0.25, 0.3) is 0 Å². The second-order valence-electron chi connectivity index (χ2n) is 6.56. The molecule has 3 rings (SSSR count). The number of carboxylic acid groups (broad SMARTS) is 1. The molecular formula is C18H23N3O4. The number of likely N-dealkylation sites (tertiary alicyclic amines) is 1. The highest BCUT2D eigenvalue weighted by atomic mass is 16.4. The lowest BCUT2D eigenvalue weighted by Gasteiger charge is -2.32. The van der Waals surface area contributed by atoms with Crippen LogP contribution in [0.2, 0.25) is 0 Å². The first-order chi connectivity index (χ1) is 12.1. The van der Waals surface area contributed by atoms with E-state index in [1.54, 1.807) is 4.90 Å². The second kappa shape index (κ2) is 7.55. The van der Waals surface area contributed by atoms with Crippen molar-refractivity contribution in [2.45, 2.75) is 25.7 Å². The number of fused-ring (bicyclic) bond motifs is 1. The van der Waals surface area contributed by atoms with Crippen molar-refractivity contribution in [1.82, 2.24) is 10.2 Å². The molecule has 0 radical (unpaired) electrons. The number of nitrogens with one attached hydrogen (secondary N) is 1. The fourth-order valence-corrected chi connectivity index (χ4v) is 3.51. The number of piperidine rings is 1. The van der Waals surface area contributed by atoms with Gasteiger partial charge < -0.3 is 20.2 Å². The fraction of sp³-hybridized carbons (Fsp3) is 0.500. The minimum absolute atomic E-state index is 0.0819. The fourth-order valence-electron chi connectivity index (χ4n) is 3.51. The third kappa shape index (κ3) is 3.92. The summed E-state index contributed by atoms with van der Waals surface area (Å²) in [5, 5.41) is 11.7. The Morgan fingerprint density at radius 2 is 1.96 bits per heavy atom. The Morgan fingerprint density at radius 3 is 2.76 bits per heavy atom. The van der Waals surface area contributed by atoms with Crippen LogP contribution in [0.4, 0.5) is 10.5 Å². The predicted molar refractivity (Wildman–Crippen MR) is 92.4 cm³/mol. The van der Waals surface area contributed by atoms with Gasteiger partial charge in [0.15, 0.2) is 0 Å². The summed E-state index contributed by atoms with van der Waals surface area (Å²) in [5.41, 5.74) is 2.06. The largest absolute Gasteiger partial charge is 0.481 e. The molecule has 7 heteroatoms. The van der Waals surface area contributed by atoms with Crippen molar-refractivity contribution in [3.05, 3.63) is 29.8 Å². The SMILES string of the molecule is O=C(O)C1CCCN(C(=O)NCC(=O)N2CCCc3ccccc32)C1. The molecule has 25 heavy (non-hydrogen) atoms. The van der Waals surface area contributed by atoms with Crippen molar-refractivity contribution in [2.75, 3.05) is 31.1 Å². The molecule has 2 N–H and O–H groups in total. The first kappa shape index (κ1) is 17.3. The van der Waals surface area contributed by atoms with Crippen molar-refractivity contribution in [1.29, 1.82) is 0 Å². The van der Waals surface area contributed by atoms with E-state index < -0.39 is 11.9 Å². The molecular weight excluding hydrogens is 322 g/mol. The van der Waals surface area contributed by atoms with Crippen molar-refractivity contribution in [3.63, 3.8) is 0 Å². The van der Waals surface area contributed by atoms with Crippen LogP contribution in [-0.4, -0.2) is 54.1 Å². The molecule has 1 saturated heterocycles. The predicted octanol–water partition coefficient (Wildman–Crippen LogP) is 1.47. The number of para-hydroxylation sites is 1. The molecule has 3 amide bonds. The van der Waals surface area contributed by atoms with Gasteiger partial charge in [-0.25, -0.2) is 4.79 Å². The van der Waals surface area contributed by atoms with Crippen LogP contribution < -0.4 is 10.2 Å². The van der Waals surface area contributed by atoms with Crippen LogP contribution in [0.5, 0.6) is 0 Å². The third-order valence-corrected chi connectivity index (χ3v) is 4.86. The van der Waals surface area contributed by atoms with E-state index in [-0.39, 0.29) is 25.0 Å². The van der Waals surface area contributed by atoms with Gasteiger partial charge in [0, 0.05) is 25.3 Å². The normalized spacial score (nSPS) is 19.9. The Morgan fingerprint density at radius 1 is 1.16 bits per heavy atom. The van der Waals surface area contributed by atoms with Gasteiger partial charge in [-0.2, -0.15) is 0 Å². The van der Waals surface area contributed by atoms with Crippen LogP contribution in [0.15, 0.2) is 24.3 Å². The van der Waals surface area contributed by atoms with E-state index in [2.05, 4.69) is 5.32 Å². The number of aryl methyl sites for hydroxylation is 1. The zero-order chi connectivity index (χ0) is 17.8. The number of nitrogens with zero attached hydrogens (tertiary/aromatic N) is 2. The number of urea groups is 1. The molecule has 0 aromatic heterocycles. The number of hydrogen-bond acceptors (Lipinski definition) is 3. The summed E-state index contributed by atoms with van der Waals surface area (Å²) in [6.07, 6.45) is 3.11. The highest BCUT2D eigenvalue weighted by Crippen LogP contribution is 2.26. The Hall–Kier alpha value is -2.57. The number of anilines is 1. The van der Waals surface area contributed by atoms with E-state index >= 15 is 0 Å². The van der Waals surface area contributed by atoms with Crippen LogP contribution in [0.3, 0.4) is 0 Å². The van der Waals surface area contributed by atoms with E-state index in [0.717, 1.165) is 24.1 Å². The summed E-state index contributed by atoms with van der Waals surface area (Å²) < 4.78 is 0. The minimum atomic E-state index is -0.876. The Balaban J connectivity index is 1.56. The van der Waals surface area contributed by atoms with Gasteiger partial charge >= 0.3 is 12.0 Å². The minimum Gasteiger partial charge on any atom is -0.481 e. The lowest BCUT2D eigenvalue weighted by Crippen LogP contribution is -2.50. The van der Waals surface area contributed by atoms with E-state index in [1.807, 2.05) is 24.3 Å². The van der Waals surface area contributed by atoms with Crippen molar-refractivity contribution in [2.24, 2.45) is 5.92 Å². The molecule has 0 saturated carbocycles. The molecule has 2 aliphatic heterocycles. The smallest absolute Gasteiger partial charge is 0.317 e. The van der Waals surface area contributed by atoms with Crippen LogP contribution >= 0.6 is 0 Å². The monoisotopic (exact) mass is 345 g/mol. The maximum absolute atomic E-state index is 12.5.